The molecule has 1 atom stereocenters. The second-order valence-electron chi connectivity index (χ2n) is 5.28. The lowest BCUT2D eigenvalue weighted by Crippen LogP contribution is -2.37. The molecule has 0 unspecified atom stereocenters. The molecule has 122 valence electrons. The zero-order valence-corrected chi connectivity index (χ0v) is 13.3. The van der Waals surface area contributed by atoms with Crippen LogP contribution in [-0.4, -0.2) is 34.6 Å². The van der Waals surface area contributed by atoms with E-state index in [0.717, 1.165) is 6.42 Å². The van der Waals surface area contributed by atoms with Crippen LogP contribution >= 0.6 is 0 Å². The van der Waals surface area contributed by atoms with Gasteiger partial charge in [-0.2, -0.15) is 0 Å². The van der Waals surface area contributed by atoms with Crippen LogP contribution in [0.5, 0.6) is 0 Å². The van der Waals surface area contributed by atoms with E-state index >= 15 is 0 Å². The molecule has 7 heteroatoms. The van der Waals surface area contributed by atoms with Crippen molar-refractivity contribution in [3.8, 4) is 0 Å². The minimum absolute atomic E-state index is 0.0502. The third kappa shape index (κ3) is 3.74. The summed E-state index contributed by atoms with van der Waals surface area (Å²) in [6.45, 7) is 3.77. The monoisotopic (exact) mass is 317 g/mol. The Hall–Kier alpha value is -2.70. The highest BCUT2D eigenvalue weighted by molar-refractivity contribution is 5.94. The van der Waals surface area contributed by atoms with E-state index in [1.807, 2.05) is 13.8 Å². The highest BCUT2D eigenvalue weighted by Gasteiger charge is 2.12. The van der Waals surface area contributed by atoms with E-state index in [0.29, 0.717) is 16.5 Å². The molecule has 1 amide bonds. The first-order valence-electron chi connectivity index (χ1n) is 7.33. The number of ether oxygens (including phenoxy) is 1. The second kappa shape index (κ2) is 7.04. The van der Waals surface area contributed by atoms with E-state index in [9.17, 15) is 14.4 Å². The molecule has 1 N–H and O–H groups in total. The Morgan fingerprint density at radius 2 is 2.13 bits per heavy atom. The number of carbonyl (C=O) groups is 2. The fourth-order valence-electron chi connectivity index (χ4n) is 2.09. The second-order valence-corrected chi connectivity index (χ2v) is 5.28. The third-order valence-corrected chi connectivity index (χ3v) is 3.58. The smallest absolute Gasteiger partial charge is 0.337 e. The molecule has 0 saturated heterocycles. The van der Waals surface area contributed by atoms with E-state index in [4.69, 9.17) is 0 Å². The summed E-state index contributed by atoms with van der Waals surface area (Å²) in [6, 6.07) is 4.56. The number of nitrogens with zero attached hydrogens (tertiary/aromatic N) is 2. The summed E-state index contributed by atoms with van der Waals surface area (Å²) in [5.74, 6) is -0.736. The molecule has 0 radical (unpaired) electrons. The maximum absolute atomic E-state index is 12.4. The Morgan fingerprint density at radius 1 is 1.39 bits per heavy atom. The summed E-state index contributed by atoms with van der Waals surface area (Å²) in [4.78, 5) is 39.9. The molecule has 1 heterocycles. The van der Waals surface area contributed by atoms with Gasteiger partial charge in [0, 0.05) is 6.04 Å². The summed E-state index contributed by atoms with van der Waals surface area (Å²) < 4.78 is 5.88. The van der Waals surface area contributed by atoms with Gasteiger partial charge >= 0.3 is 5.97 Å². The van der Waals surface area contributed by atoms with Crippen molar-refractivity contribution in [1.82, 2.24) is 14.9 Å². The molecule has 1 aromatic carbocycles. The summed E-state index contributed by atoms with van der Waals surface area (Å²) in [5.41, 5.74) is 0.376. The number of hydrogen-bond donors (Lipinski definition) is 1. The fraction of sp³-hybridized carbons (Fsp3) is 0.375. The zero-order chi connectivity index (χ0) is 17.0. The number of rotatable bonds is 5. The number of amides is 1. The molecule has 0 aliphatic carbocycles. The lowest BCUT2D eigenvalue weighted by Gasteiger charge is -2.12. The number of hydrogen-bond acceptors (Lipinski definition) is 5. The lowest BCUT2D eigenvalue weighted by atomic mass is 10.1. The Labute approximate surface area is 133 Å². The lowest BCUT2D eigenvalue weighted by molar-refractivity contribution is -0.122. The summed E-state index contributed by atoms with van der Waals surface area (Å²) in [5, 5.41) is 3.14. The highest BCUT2D eigenvalue weighted by atomic mass is 16.5. The van der Waals surface area contributed by atoms with E-state index in [1.54, 1.807) is 0 Å². The number of benzene rings is 1. The molecule has 23 heavy (non-hydrogen) atoms. The predicted molar refractivity (Wildman–Crippen MR) is 85.2 cm³/mol. The van der Waals surface area contributed by atoms with Crippen molar-refractivity contribution in [2.24, 2.45) is 0 Å². The topological polar surface area (TPSA) is 90.3 Å². The minimum atomic E-state index is -0.495. The predicted octanol–water partition coefficient (Wildman–Crippen LogP) is 1.10. The Balaban J connectivity index is 2.31. The normalized spacial score (nSPS) is 12.0. The molecular formula is C16H19N3O4. The van der Waals surface area contributed by atoms with Crippen LogP contribution in [-0.2, 0) is 16.1 Å². The highest BCUT2D eigenvalue weighted by Crippen LogP contribution is 2.11. The van der Waals surface area contributed by atoms with Crippen LogP contribution in [0.2, 0.25) is 0 Å². The number of aromatic nitrogens is 2. The first-order chi connectivity index (χ1) is 11.0. The SMILES string of the molecule is CC[C@@H](C)NC(=O)Cn1cnc2cc(C(=O)OC)ccc2c1=O. The van der Waals surface area contributed by atoms with Gasteiger partial charge in [0.25, 0.3) is 5.56 Å². The van der Waals surface area contributed by atoms with Gasteiger partial charge in [0.15, 0.2) is 0 Å². The average molecular weight is 317 g/mol. The molecular weight excluding hydrogens is 298 g/mol. The molecule has 0 aliphatic rings. The quantitative estimate of drug-likeness (QED) is 0.834. The number of fused-ring (bicyclic) bond motifs is 1. The van der Waals surface area contributed by atoms with Gasteiger partial charge in [0.05, 0.1) is 29.9 Å². The van der Waals surface area contributed by atoms with Gasteiger partial charge in [-0.25, -0.2) is 9.78 Å². The molecule has 2 aromatic rings. The standard InChI is InChI=1S/C16H19N3O4/c1-4-10(2)18-14(20)8-19-9-17-13-7-11(16(22)23-3)5-6-12(13)15(19)21/h5-7,9-10H,4,8H2,1-3H3,(H,18,20)/t10-/m1/s1. The molecule has 0 aliphatic heterocycles. The minimum Gasteiger partial charge on any atom is -0.465 e. The molecule has 0 saturated carbocycles. The summed E-state index contributed by atoms with van der Waals surface area (Å²) in [6.07, 6.45) is 2.12. The Morgan fingerprint density at radius 3 is 2.78 bits per heavy atom. The van der Waals surface area contributed by atoms with Crippen molar-refractivity contribution < 1.29 is 14.3 Å². The molecule has 1 aromatic heterocycles. The van der Waals surface area contributed by atoms with Crippen molar-refractivity contribution in [3.05, 3.63) is 40.4 Å². The number of carbonyl (C=O) groups excluding carboxylic acids is 2. The Bertz CT molecular complexity index is 798. The van der Waals surface area contributed by atoms with Crippen molar-refractivity contribution in [2.75, 3.05) is 7.11 Å². The van der Waals surface area contributed by atoms with Crippen molar-refractivity contribution in [1.29, 1.82) is 0 Å². The van der Waals surface area contributed by atoms with Crippen LogP contribution < -0.4 is 10.9 Å². The van der Waals surface area contributed by atoms with E-state index in [2.05, 4.69) is 15.0 Å². The largest absolute Gasteiger partial charge is 0.465 e. The average Bonchev–Trinajstić information content (AvgIpc) is 2.56. The van der Waals surface area contributed by atoms with Crippen LogP contribution in [0.4, 0.5) is 0 Å². The van der Waals surface area contributed by atoms with Crippen LogP contribution in [0, 0.1) is 0 Å². The van der Waals surface area contributed by atoms with E-state index < -0.39 is 5.97 Å². The zero-order valence-electron chi connectivity index (χ0n) is 13.3. The van der Waals surface area contributed by atoms with Crippen molar-refractivity contribution in [3.63, 3.8) is 0 Å². The molecule has 0 bridgehead atoms. The summed E-state index contributed by atoms with van der Waals surface area (Å²) >= 11 is 0. The molecule has 7 nitrogen and oxygen atoms in total. The molecule has 2 rings (SSSR count). The Kier molecular flexibility index (Phi) is 5.10. The maximum atomic E-state index is 12.4. The van der Waals surface area contributed by atoms with Crippen molar-refractivity contribution in [2.45, 2.75) is 32.9 Å². The first-order valence-corrected chi connectivity index (χ1v) is 7.33. The number of esters is 1. The third-order valence-electron chi connectivity index (χ3n) is 3.58. The molecule has 0 fully saturated rings. The maximum Gasteiger partial charge on any atom is 0.337 e. The van der Waals surface area contributed by atoms with Gasteiger partial charge < -0.3 is 10.1 Å². The van der Waals surface area contributed by atoms with Gasteiger partial charge in [0.1, 0.15) is 6.54 Å². The summed E-state index contributed by atoms with van der Waals surface area (Å²) in [7, 11) is 1.29. The van der Waals surface area contributed by atoms with Gasteiger partial charge in [-0.15, -0.1) is 0 Å². The van der Waals surface area contributed by atoms with Crippen LogP contribution in [0.3, 0.4) is 0 Å². The number of nitrogens with one attached hydrogen (secondary N) is 1. The fourth-order valence-corrected chi connectivity index (χ4v) is 2.09. The first kappa shape index (κ1) is 16.7. The molecule has 0 spiro atoms. The van der Waals surface area contributed by atoms with Crippen LogP contribution in [0.25, 0.3) is 10.9 Å². The van der Waals surface area contributed by atoms with Gasteiger partial charge in [-0.1, -0.05) is 6.92 Å². The number of methoxy groups -OCH3 is 1. The van der Waals surface area contributed by atoms with E-state index in [1.165, 1.54) is 36.2 Å². The van der Waals surface area contributed by atoms with Gasteiger partial charge in [-0.05, 0) is 31.5 Å². The van der Waals surface area contributed by atoms with Crippen molar-refractivity contribution >= 4 is 22.8 Å². The van der Waals surface area contributed by atoms with E-state index in [-0.39, 0.29) is 24.1 Å². The van der Waals surface area contributed by atoms with Gasteiger partial charge in [0.2, 0.25) is 5.91 Å². The van der Waals surface area contributed by atoms with Crippen LogP contribution in [0.15, 0.2) is 29.3 Å². The van der Waals surface area contributed by atoms with Gasteiger partial charge in [-0.3, -0.25) is 14.2 Å². The van der Waals surface area contributed by atoms with Crippen LogP contribution in [0.1, 0.15) is 30.6 Å².